The number of nitriles is 1. The number of carbonyl (C=O) groups excluding carboxylic acids is 1. The minimum absolute atomic E-state index is 0.0493. The highest BCUT2D eigenvalue weighted by Gasteiger charge is 2.27. The number of hydrogen-bond donors (Lipinski definition) is 0. The fourth-order valence-corrected chi connectivity index (χ4v) is 2.34. The molecule has 0 aromatic heterocycles. The molecule has 0 aliphatic carbocycles. The molecular weight excluding hydrogens is 285 g/mol. The summed E-state index contributed by atoms with van der Waals surface area (Å²) in [5.41, 5.74) is 0.102. The Morgan fingerprint density at radius 1 is 1.27 bits per heavy atom. The molecule has 1 aliphatic rings. The molecule has 1 amide bonds. The zero-order chi connectivity index (χ0) is 16.3. The van der Waals surface area contributed by atoms with Gasteiger partial charge in [-0.3, -0.25) is 0 Å². The first-order chi connectivity index (χ1) is 10.3. The summed E-state index contributed by atoms with van der Waals surface area (Å²) in [5.74, 6) is -0.519. The van der Waals surface area contributed by atoms with Crippen LogP contribution in [0.25, 0.3) is 0 Å². The predicted octanol–water partition coefficient (Wildman–Crippen LogP) is 2.75. The van der Waals surface area contributed by atoms with Crippen molar-refractivity contribution < 1.29 is 13.9 Å². The molecule has 0 saturated carbocycles. The Balaban J connectivity index is 2.03. The van der Waals surface area contributed by atoms with Crippen LogP contribution in [0.4, 0.5) is 14.9 Å². The highest BCUT2D eigenvalue weighted by Crippen LogP contribution is 2.24. The molecule has 6 heteroatoms. The summed E-state index contributed by atoms with van der Waals surface area (Å²) in [6.07, 6.45) is -0.341. The Morgan fingerprint density at radius 3 is 2.45 bits per heavy atom. The quantitative estimate of drug-likeness (QED) is 0.800. The second-order valence-corrected chi connectivity index (χ2v) is 6.20. The molecule has 0 atom stereocenters. The predicted molar refractivity (Wildman–Crippen MR) is 81.1 cm³/mol. The van der Waals surface area contributed by atoms with E-state index in [-0.39, 0.29) is 11.7 Å². The van der Waals surface area contributed by atoms with Crippen molar-refractivity contribution in [3.8, 4) is 6.07 Å². The maximum Gasteiger partial charge on any atom is 0.410 e. The largest absolute Gasteiger partial charge is 0.444 e. The first kappa shape index (κ1) is 16.1. The lowest BCUT2D eigenvalue weighted by Crippen LogP contribution is -2.50. The summed E-state index contributed by atoms with van der Waals surface area (Å²) in [7, 11) is 0. The maximum atomic E-state index is 13.7. The lowest BCUT2D eigenvalue weighted by atomic mass is 10.1. The number of nitrogens with zero attached hydrogens (tertiary/aromatic N) is 3. The van der Waals surface area contributed by atoms with Crippen LogP contribution in [0.2, 0.25) is 0 Å². The number of amides is 1. The zero-order valence-corrected chi connectivity index (χ0v) is 13.1. The number of hydrogen-bond acceptors (Lipinski definition) is 4. The monoisotopic (exact) mass is 305 g/mol. The van der Waals surface area contributed by atoms with E-state index >= 15 is 0 Å². The normalized spacial score (nSPS) is 15.4. The van der Waals surface area contributed by atoms with Gasteiger partial charge in [0.25, 0.3) is 0 Å². The maximum absolute atomic E-state index is 13.7. The van der Waals surface area contributed by atoms with Crippen molar-refractivity contribution in [3.63, 3.8) is 0 Å². The van der Waals surface area contributed by atoms with Crippen LogP contribution in [0.1, 0.15) is 26.3 Å². The van der Waals surface area contributed by atoms with Crippen LogP contribution in [0.5, 0.6) is 0 Å². The van der Waals surface area contributed by atoms with Gasteiger partial charge in [0.2, 0.25) is 0 Å². The number of anilines is 1. The third-order valence-electron chi connectivity index (χ3n) is 3.38. The zero-order valence-electron chi connectivity index (χ0n) is 13.1. The smallest absolute Gasteiger partial charge is 0.410 e. The minimum Gasteiger partial charge on any atom is -0.444 e. The molecule has 0 radical (unpaired) electrons. The summed E-state index contributed by atoms with van der Waals surface area (Å²) in [6.45, 7) is 7.52. The van der Waals surface area contributed by atoms with Crippen LogP contribution in [0.15, 0.2) is 18.2 Å². The molecule has 118 valence electrons. The second-order valence-electron chi connectivity index (χ2n) is 6.20. The number of ether oxygens (including phenoxy) is 1. The first-order valence-corrected chi connectivity index (χ1v) is 7.23. The van der Waals surface area contributed by atoms with Crippen molar-refractivity contribution in [2.45, 2.75) is 26.4 Å². The number of benzene rings is 1. The topological polar surface area (TPSA) is 56.6 Å². The molecule has 0 bridgehead atoms. The van der Waals surface area contributed by atoms with Gasteiger partial charge in [0.05, 0.1) is 5.69 Å². The third kappa shape index (κ3) is 3.67. The van der Waals surface area contributed by atoms with Crippen LogP contribution < -0.4 is 4.90 Å². The fourth-order valence-electron chi connectivity index (χ4n) is 2.34. The lowest BCUT2D eigenvalue weighted by molar-refractivity contribution is 0.0240. The Kier molecular flexibility index (Phi) is 4.55. The van der Waals surface area contributed by atoms with Crippen molar-refractivity contribution in [2.24, 2.45) is 0 Å². The van der Waals surface area contributed by atoms with Crippen molar-refractivity contribution in [2.75, 3.05) is 31.1 Å². The van der Waals surface area contributed by atoms with E-state index in [0.717, 1.165) is 0 Å². The van der Waals surface area contributed by atoms with Gasteiger partial charge in [0.15, 0.2) is 0 Å². The summed E-state index contributed by atoms with van der Waals surface area (Å²) >= 11 is 0. The second kappa shape index (κ2) is 6.22. The summed E-state index contributed by atoms with van der Waals surface area (Å²) in [5, 5.41) is 9.10. The number of rotatable bonds is 1. The van der Waals surface area contributed by atoms with Crippen LogP contribution in [0.3, 0.4) is 0 Å². The van der Waals surface area contributed by atoms with E-state index in [1.165, 1.54) is 6.07 Å². The van der Waals surface area contributed by atoms with Gasteiger partial charge in [-0.25, -0.2) is 9.18 Å². The summed E-state index contributed by atoms with van der Waals surface area (Å²) in [4.78, 5) is 15.6. The van der Waals surface area contributed by atoms with Gasteiger partial charge in [0.1, 0.15) is 23.1 Å². The Bertz CT molecular complexity index is 596. The van der Waals surface area contributed by atoms with Crippen LogP contribution in [-0.4, -0.2) is 42.8 Å². The molecule has 22 heavy (non-hydrogen) atoms. The third-order valence-corrected chi connectivity index (χ3v) is 3.38. The molecule has 1 aliphatic heterocycles. The average molecular weight is 305 g/mol. The molecular formula is C16H20FN3O2. The highest BCUT2D eigenvalue weighted by atomic mass is 19.1. The standard InChI is InChI=1S/C16H20FN3O2/c1-16(2,3)22-15(21)20-9-7-19(8-10-20)14-6-4-5-13(17)12(14)11-18/h4-6H,7-10H2,1-3H3. The van der Waals surface area contributed by atoms with Gasteiger partial charge in [-0.05, 0) is 32.9 Å². The molecule has 0 N–H and O–H groups in total. The molecule has 0 spiro atoms. The Hall–Kier alpha value is -2.29. The highest BCUT2D eigenvalue weighted by molar-refractivity contribution is 5.69. The lowest BCUT2D eigenvalue weighted by Gasteiger charge is -2.37. The Labute approximate surface area is 129 Å². The fraction of sp³-hybridized carbons (Fsp3) is 0.500. The van der Waals surface area contributed by atoms with Crippen molar-refractivity contribution in [1.82, 2.24) is 4.90 Å². The molecule has 1 heterocycles. The molecule has 5 nitrogen and oxygen atoms in total. The van der Waals surface area contributed by atoms with Gasteiger partial charge in [0, 0.05) is 26.2 Å². The number of piperazine rings is 1. The summed E-state index contributed by atoms with van der Waals surface area (Å²) < 4.78 is 19.0. The SMILES string of the molecule is CC(C)(C)OC(=O)N1CCN(c2cccc(F)c2C#N)CC1. The van der Waals surface area contributed by atoms with E-state index in [2.05, 4.69) is 0 Å². The van der Waals surface area contributed by atoms with E-state index in [1.807, 2.05) is 31.7 Å². The minimum atomic E-state index is -0.523. The molecule has 1 fully saturated rings. The molecule has 1 saturated heterocycles. The van der Waals surface area contributed by atoms with E-state index < -0.39 is 11.4 Å². The average Bonchev–Trinajstić information content (AvgIpc) is 2.45. The van der Waals surface area contributed by atoms with Crippen molar-refractivity contribution in [1.29, 1.82) is 5.26 Å². The van der Waals surface area contributed by atoms with Crippen LogP contribution in [0, 0.1) is 17.1 Å². The van der Waals surface area contributed by atoms with Gasteiger partial charge in [-0.1, -0.05) is 6.07 Å². The molecule has 1 aromatic carbocycles. The molecule has 0 unspecified atom stereocenters. The Morgan fingerprint density at radius 2 is 1.91 bits per heavy atom. The number of halogens is 1. The molecule has 1 aromatic rings. The number of carbonyl (C=O) groups is 1. The van der Waals surface area contributed by atoms with Crippen LogP contribution in [-0.2, 0) is 4.74 Å². The summed E-state index contributed by atoms with van der Waals surface area (Å²) in [6, 6.07) is 6.50. The van der Waals surface area contributed by atoms with E-state index in [0.29, 0.717) is 31.9 Å². The first-order valence-electron chi connectivity index (χ1n) is 7.23. The van der Waals surface area contributed by atoms with Gasteiger partial charge in [-0.2, -0.15) is 5.26 Å². The molecule has 2 rings (SSSR count). The van der Waals surface area contributed by atoms with E-state index in [1.54, 1.807) is 17.0 Å². The van der Waals surface area contributed by atoms with Gasteiger partial charge in [-0.15, -0.1) is 0 Å². The van der Waals surface area contributed by atoms with Crippen molar-refractivity contribution >= 4 is 11.8 Å². The van der Waals surface area contributed by atoms with Gasteiger partial charge >= 0.3 is 6.09 Å². The van der Waals surface area contributed by atoms with Gasteiger partial charge < -0.3 is 14.5 Å². The van der Waals surface area contributed by atoms with E-state index in [9.17, 15) is 9.18 Å². The van der Waals surface area contributed by atoms with E-state index in [4.69, 9.17) is 10.00 Å². The van der Waals surface area contributed by atoms with Crippen molar-refractivity contribution in [3.05, 3.63) is 29.6 Å². The van der Waals surface area contributed by atoms with Crippen LogP contribution >= 0.6 is 0 Å².